The molecule has 0 amide bonds. The van der Waals surface area contributed by atoms with Crippen LogP contribution in [-0.4, -0.2) is 36.7 Å². The van der Waals surface area contributed by atoms with Crippen LogP contribution < -0.4 is 4.90 Å². The number of nitriles is 3. The van der Waals surface area contributed by atoms with Crippen LogP contribution in [0.15, 0.2) is 58.9 Å². The van der Waals surface area contributed by atoms with E-state index in [1.54, 1.807) is 24.3 Å². The highest BCUT2D eigenvalue weighted by Crippen LogP contribution is 2.31. The van der Waals surface area contributed by atoms with Gasteiger partial charge < -0.3 is 19.5 Å². The van der Waals surface area contributed by atoms with Crippen LogP contribution in [0.1, 0.15) is 47.6 Å². The lowest BCUT2D eigenvalue weighted by Gasteiger charge is -2.20. The summed E-state index contributed by atoms with van der Waals surface area (Å²) in [4.78, 5) is 26.7. The molecule has 1 aliphatic rings. The molecule has 0 radical (unpaired) electrons. The van der Waals surface area contributed by atoms with Gasteiger partial charge in [-0.15, -0.1) is 11.3 Å². The molecule has 0 fully saturated rings. The molecule has 9 nitrogen and oxygen atoms in total. The lowest BCUT2D eigenvalue weighted by molar-refractivity contribution is -0.148. The minimum absolute atomic E-state index is 0.0305. The average Bonchev–Trinajstić information content (AvgIpc) is 3.58. The fraction of sp³-hybridized carbons (Fsp3) is 0.258. The molecule has 10 heteroatoms. The van der Waals surface area contributed by atoms with Gasteiger partial charge in [0.15, 0.2) is 11.3 Å². The molecule has 1 aliphatic heterocycles. The number of ether oxygens (including phenoxy) is 2. The number of rotatable bonds is 12. The molecule has 0 bridgehead atoms. The van der Waals surface area contributed by atoms with Crippen molar-refractivity contribution in [1.82, 2.24) is 0 Å². The van der Waals surface area contributed by atoms with Crippen LogP contribution in [0.25, 0.3) is 18.2 Å². The molecule has 1 aromatic heterocycles. The highest BCUT2D eigenvalue weighted by molar-refractivity contribution is 7.14. The average molecular weight is 569 g/mol. The lowest BCUT2D eigenvalue weighted by Crippen LogP contribution is -2.21. The number of thiophene rings is 1. The summed E-state index contributed by atoms with van der Waals surface area (Å²) in [6, 6.07) is 15.6. The number of benzene rings is 1. The highest BCUT2D eigenvalue weighted by atomic mass is 32.1. The van der Waals surface area contributed by atoms with E-state index in [2.05, 4.69) is 30.9 Å². The van der Waals surface area contributed by atoms with Gasteiger partial charge in [0.25, 0.3) is 0 Å². The number of hydrogen-bond donors (Lipinski definition) is 1. The first kappa shape index (κ1) is 30.4. The van der Waals surface area contributed by atoms with Crippen molar-refractivity contribution in [2.45, 2.75) is 33.3 Å². The maximum atomic E-state index is 12.0. The molecule has 0 spiro atoms. The van der Waals surface area contributed by atoms with Crippen molar-refractivity contribution in [3.63, 3.8) is 0 Å². The van der Waals surface area contributed by atoms with Gasteiger partial charge in [-0.25, -0.2) is 0 Å². The van der Waals surface area contributed by atoms with E-state index in [9.17, 15) is 14.9 Å². The lowest BCUT2D eigenvalue weighted by atomic mass is 10.1. The van der Waals surface area contributed by atoms with Crippen molar-refractivity contribution >= 4 is 47.2 Å². The van der Waals surface area contributed by atoms with Crippen molar-refractivity contribution in [1.29, 1.82) is 15.8 Å². The summed E-state index contributed by atoms with van der Waals surface area (Å²) < 4.78 is 10.8. The first-order valence-electron chi connectivity index (χ1n) is 12.9. The largest absolute Gasteiger partial charge is 0.485 e. The quantitative estimate of drug-likeness (QED) is 0.246. The van der Waals surface area contributed by atoms with Crippen LogP contribution in [0, 0.1) is 34.0 Å². The number of aliphatic carboxylic acids is 1. The maximum absolute atomic E-state index is 12.0. The summed E-state index contributed by atoms with van der Waals surface area (Å²) in [7, 11) is 0. The van der Waals surface area contributed by atoms with Gasteiger partial charge in [0, 0.05) is 39.7 Å². The molecule has 0 unspecified atom stereocenters. The third-order valence-electron chi connectivity index (χ3n) is 6.17. The normalized spacial score (nSPS) is 12.6. The molecule has 1 N–H and O–H groups in total. The van der Waals surface area contributed by atoms with Gasteiger partial charge in [-0.05, 0) is 49.8 Å². The van der Waals surface area contributed by atoms with E-state index in [4.69, 9.17) is 25.1 Å². The van der Waals surface area contributed by atoms with Gasteiger partial charge in [-0.3, -0.25) is 9.59 Å². The van der Waals surface area contributed by atoms with Gasteiger partial charge in [-0.1, -0.05) is 24.3 Å². The number of carboxylic acids is 1. The van der Waals surface area contributed by atoms with Crippen molar-refractivity contribution in [3.05, 3.63) is 79.8 Å². The van der Waals surface area contributed by atoms with Crippen LogP contribution in [0.3, 0.4) is 0 Å². The Balaban J connectivity index is 1.88. The zero-order valence-electron chi connectivity index (χ0n) is 22.7. The van der Waals surface area contributed by atoms with Crippen molar-refractivity contribution < 1.29 is 24.2 Å². The van der Waals surface area contributed by atoms with Gasteiger partial charge in [0.1, 0.15) is 37.0 Å². The number of carbonyl (C=O) groups excluding carboxylic acids is 1. The van der Waals surface area contributed by atoms with E-state index >= 15 is 0 Å². The first-order valence-corrected chi connectivity index (χ1v) is 13.7. The van der Waals surface area contributed by atoms with E-state index in [1.165, 1.54) is 11.3 Å². The molecule has 1 aromatic carbocycles. The summed E-state index contributed by atoms with van der Waals surface area (Å²) in [5.74, 6) is -1.73. The van der Waals surface area contributed by atoms with E-state index in [0.29, 0.717) is 11.1 Å². The van der Waals surface area contributed by atoms with Crippen LogP contribution in [-0.2, 0) is 25.7 Å². The third kappa shape index (κ3) is 8.19. The Labute approximate surface area is 242 Å². The Morgan fingerprint density at radius 2 is 1.76 bits per heavy atom. The Morgan fingerprint density at radius 3 is 2.37 bits per heavy atom. The molecular formula is C31H28N4O5S. The Bertz CT molecular complexity index is 1520. The number of carbonyl (C=O) groups is 2. The monoisotopic (exact) mass is 568 g/mol. The number of hydrogen-bond acceptors (Lipinski definition) is 9. The topological polar surface area (TPSA) is 147 Å². The Kier molecular flexibility index (Phi) is 11.0. The molecule has 2 heterocycles. The molecule has 0 aliphatic carbocycles. The summed E-state index contributed by atoms with van der Waals surface area (Å²) >= 11 is 1.44. The van der Waals surface area contributed by atoms with Gasteiger partial charge >= 0.3 is 11.9 Å². The van der Waals surface area contributed by atoms with E-state index < -0.39 is 11.9 Å². The number of esters is 1. The number of allylic oxidation sites excluding steroid dienone is 2. The molecule has 41 heavy (non-hydrogen) atoms. The third-order valence-corrected chi connectivity index (χ3v) is 7.28. The second kappa shape index (κ2) is 14.9. The fourth-order valence-electron chi connectivity index (χ4n) is 4.00. The minimum Gasteiger partial charge on any atom is -0.485 e. The van der Waals surface area contributed by atoms with Crippen molar-refractivity contribution in [3.8, 4) is 18.2 Å². The Morgan fingerprint density at radius 1 is 1.05 bits per heavy atom. The predicted molar refractivity (Wildman–Crippen MR) is 156 cm³/mol. The molecule has 208 valence electrons. The van der Waals surface area contributed by atoms with E-state index in [-0.39, 0.29) is 43.0 Å². The smallest absolute Gasteiger partial charge is 0.306 e. The van der Waals surface area contributed by atoms with Crippen LogP contribution in [0.5, 0.6) is 0 Å². The van der Waals surface area contributed by atoms with E-state index in [0.717, 1.165) is 34.1 Å². The first-order chi connectivity index (χ1) is 19.8. The molecule has 0 atom stereocenters. The zero-order valence-corrected chi connectivity index (χ0v) is 23.5. The molecular weight excluding hydrogens is 540 g/mol. The van der Waals surface area contributed by atoms with Crippen molar-refractivity contribution in [2.24, 2.45) is 0 Å². The number of anilines is 1. The SMILES string of the molecule is CCN(CC)c1ccc(/C=C/c2cc(COC(=O)CCC(=O)O)c(/C=C/C3=C(C#N)C(=C(C#N)C#N)OC3)s2)cc1. The summed E-state index contributed by atoms with van der Waals surface area (Å²) in [5.41, 5.74) is 3.23. The summed E-state index contributed by atoms with van der Waals surface area (Å²) in [6.45, 7) is 6.06. The highest BCUT2D eigenvalue weighted by Gasteiger charge is 2.24. The predicted octanol–water partition coefficient (Wildman–Crippen LogP) is 5.84. The Hall–Kier alpha value is -5.11. The molecule has 2 aromatic rings. The van der Waals surface area contributed by atoms with Crippen molar-refractivity contribution in [2.75, 3.05) is 24.6 Å². The number of carboxylic acid groups (broad SMARTS) is 1. The fourth-order valence-corrected chi connectivity index (χ4v) is 4.97. The number of nitrogens with zero attached hydrogens (tertiary/aromatic N) is 4. The second-order valence-corrected chi connectivity index (χ2v) is 9.87. The zero-order chi connectivity index (χ0) is 29.8. The van der Waals surface area contributed by atoms with Crippen LogP contribution in [0.4, 0.5) is 5.69 Å². The molecule has 3 rings (SSSR count). The summed E-state index contributed by atoms with van der Waals surface area (Å²) in [6.07, 6.45) is 6.83. The molecule has 0 saturated carbocycles. The van der Waals surface area contributed by atoms with Gasteiger partial charge in [0.05, 0.1) is 12.8 Å². The minimum atomic E-state index is -1.08. The van der Waals surface area contributed by atoms with Crippen LogP contribution in [0.2, 0.25) is 0 Å². The second-order valence-electron chi connectivity index (χ2n) is 8.75. The van der Waals surface area contributed by atoms with Gasteiger partial charge in [-0.2, -0.15) is 15.8 Å². The van der Waals surface area contributed by atoms with E-state index in [1.807, 2.05) is 36.4 Å². The maximum Gasteiger partial charge on any atom is 0.306 e. The molecule has 0 saturated heterocycles. The summed E-state index contributed by atoms with van der Waals surface area (Å²) in [5, 5.41) is 36.7. The van der Waals surface area contributed by atoms with Crippen LogP contribution >= 0.6 is 11.3 Å². The van der Waals surface area contributed by atoms with Gasteiger partial charge in [0.2, 0.25) is 0 Å². The standard InChI is InChI=1S/C31H28N4O5S/c1-3-35(4-2)25-9-5-21(6-10-25)7-11-26-15-23(20-39-30(38)14-13-29(36)37)28(41-26)12-8-22-19-40-31(27(22)18-34)24(16-32)17-33/h5-12,15H,3-4,13-14,19-20H2,1-2H3,(H,36,37)/b11-7+,12-8+.